The third kappa shape index (κ3) is 2.15. The highest BCUT2D eigenvalue weighted by Gasteiger charge is 2.18. The van der Waals surface area contributed by atoms with Gasteiger partial charge in [0.2, 0.25) is 0 Å². The number of carbonyl (C=O) groups is 1. The van der Waals surface area contributed by atoms with Gasteiger partial charge in [-0.2, -0.15) is 0 Å². The first-order valence-electron chi connectivity index (χ1n) is 4.36. The fourth-order valence-corrected chi connectivity index (χ4v) is 1.74. The van der Waals surface area contributed by atoms with Crippen molar-refractivity contribution in [3.63, 3.8) is 0 Å². The first-order chi connectivity index (χ1) is 6.75. The molecule has 0 amide bonds. The fourth-order valence-electron chi connectivity index (χ4n) is 1.38. The summed E-state index contributed by atoms with van der Waals surface area (Å²) in [7, 11) is 0. The molecule has 1 aromatic rings. The third-order valence-electron chi connectivity index (χ3n) is 2.13. The van der Waals surface area contributed by atoms with Crippen molar-refractivity contribution in [1.29, 1.82) is 0 Å². The number of allylic oxidation sites excluding steroid dienone is 1. The van der Waals surface area contributed by atoms with Crippen molar-refractivity contribution in [3.8, 4) is 0 Å². The molecule has 1 unspecified atom stereocenters. The molecule has 1 atom stereocenters. The molecular formula is C11H9IO2. The van der Waals surface area contributed by atoms with Gasteiger partial charge in [-0.05, 0) is 40.3 Å². The van der Waals surface area contributed by atoms with Crippen LogP contribution in [0.5, 0.6) is 0 Å². The number of carbonyl (C=O) groups excluding carboxylic acids is 1. The van der Waals surface area contributed by atoms with Crippen LogP contribution in [0.15, 0.2) is 36.6 Å². The molecule has 0 aliphatic carbocycles. The summed E-state index contributed by atoms with van der Waals surface area (Å²) in [5.74, 6) is 0.125. The van der Waals surface area contributed by atoms with Gasteiger partial charge in [0.15, 0.2) is 5.78 Å². The van der Waals surface area contributed by atoms with Gasteiger partial charge in [0.1, 0.15) is 6.10 Å². The molecule has 1 aliphatic rings. The molecule has 2 rings (SSSR count). The first-order valence-corrected chi connectivity index (χ1v) is 5.44. The van der Waals surface area contributed by atoms with Crippen molar-refractivity contribution in [2.24, 2.45) is 0 Å². The predicted octanol–water partition coefficient (Wildman–Crippen LogP) is 2.84. The quantitative estimate of drug-likeness (QED) is 0.746. The zero-order valence-electron chi connectivity index (χ0n) is 7.44. The summed E-state index contributed by atoms with van der Waals surface area (Å²) in [6, 6.07) is 8.03. The van der Waals surface area contributed by atoms with E-state index in [0.717, 1.165) is 5.56 Å². The van der Waals surface area contributed by atoms with Crippen LogP contribution in [-0.4, -0.2) is 5.78 Å². The lowest BCUT2D eigenvalue weighted by Gasteiger charge is -2.18. The summed E-state index contributed by atoms with van der Waals surface area (Å²) in [4.78, 5) is 11.1. The van der Waals surface area contributed by atoms with Crippen molar-refractivity contribution in [2.45, 2.75) is 12.5 Å². The highest BCUT2D eigenvalue weighted by Crippen LogP contribution is 2.25. The van der Waals surface area contributed by atoms with Crippen molar-refractivity contribution >= 4 is 28.4 Å². The van der Waals surface area contributed by atoms with Crippen molar-refractivity contribution in [2.75, 3.05) is 0 Å². The minimum atomic E-state index is -0.107. The summed E-state index contributed by atoms with van der Waals surface area (Å²) in [5, 5.41) is 0. The van der Waals surface area contributed by atoms with Crippen LogP contribution in [0.1, 0.15) is 18.1 Å². The van der Waals surface area contributed by atoms with Gasteiger partial charge >= 0.3 is 0 Å². The largest absolute Gasteiger partial charge is 0.493 e. The van der Waals surface area contributed by atoms with Crippen LogP contribution >= 0.6 is 22.6 Å². The third-order valence-corrected chi connectivity index (χ3v) is 2.84. The summed E-state index contributed by atoms with van der Waals surface area (Å²) in [6.45, 7) is 0. The molecule has 14 heavy (non-hydrogen) atoms. The molecule has 0 bridgehead atoms. The van der Waals surface area contributed by atoms with E-state index >= 15 is 0 Å². The minimum absolute atomic E-state index is 0.107. The van der Waals surface area contributed by atoms with Crippen molar-refractivity contribution < 1.29 is 9.53 Å². The predicted molar refractivity (Wildman–Crippen MR) is 61.7 cm³/mol. The molecule has 1 heterocycles. The Balaban J connectivity index is 2.19. The summed E-state index contributed by atoms with van der Waals surface area (Å²) in [5.41, 5.74) is 1.06. The standard InChI is InChI=1S/C11H9IO2/c12-9-3-1-8(2-4-9)11-7-10(13)5-6-14-11/h1-6,11H,7H2. The lowest BCUT2D eigenvalue weighted by Crippen LogP contribution is -2.11. The molecule has 0 radical (unpaired) electrons. The highest BCUT2D eigenvalue weighted by molar-refractivity contribution is 14.1. The lowest BCUT2D eigenvalue weighted by atomic mass is 10.0. The van der Waals surface area contributed by atoms with Gasteiger partial charge in [-0.3, -0.25) is 4.79 Å². The zero-order valence-corrected chi connectivity index (χ0v) is 9.60. The Morgan fingerprint density at radius 2 is 2.00 bits per heavy atom. The normalized spacial score (nSPS) is 20.6. The first kappa shape index (κ1) is 9.71. The topological polar surface area (TPSA) is 26.3 Å². The van der Waals surface area contributed by atoms with Gasteiger partial charge in [-0.15, -0.1) is 0 Å². The number of benzene rings is 1. The Hall–Kier alpha value is -0.840. The van der Waals surface area contributed by atoms with Gasteiger partial charge in [-0.25, -0.2) is 0 Å². The molecule has 2 nitrogen and oxygen atoms in total. The van der Waals surface area contributed by atoms with Crippen LogP contribution in [0.4, 0.5) is 0 Å². The average Bonchev–Trinajstić information content (AvgIpc) is 2.19. The number of hydrogen-bond acceptors (Lipinski definition) is 2. The molecule has 0 saturated carbocycles. The van der Waals surface area contributed by atoms with E-state index in [2.05, 4.69) is 22.6 Å². The second-order valence-corrected chi connectivity index (χ2v) is 4.40. The van der Waals surface area contributed by atoms with E-state index in [1.165, 1.54) is 15.9 Å². The zero-order chi connectivity index (χ0) is 9.97. The highest BCUT2D eigenvalue weighted by atomic mass is 127. The fraction of sp³-hybridized carbons (Fsp3) is 0.182. The number of halogens is 1. The van der Waals surface area contributed by atoms with Gasteiger partial charge in [0.25, 0.3) is 0 Å². The Morgan fingerprint density at radius 1 is 1.29 bits per heavy atom. The smallest absolute Gasteiger partial charge is 0.162 e. The van der Waals surface area contributed by atoms with Crippen LogP contribution in [0, 0.1) is 3.57 Å². The molecule has 72 valence electrons. The molecule has 0 spiro atoms. The lowest BCUT2D eigenvalue weighted by molar-refractivity contribution is -0.118. The van der Waals surface area contributed by atoms with Crippen LogP contribution in [-0.2, 0) is 9.53 Å². The van der Waals surface area contributed by atoms with Crippen molar-refractivity contribution in [3.05, 3.63) is 45.7 Å². The molecular weight excluding hydrogens is 291 g/mol. The van der Waals surface area contributed by atoms with E-state index in [-0.39, 0.29) is 11.9 Å². The van der Waals surface area contributed by atoms with Gasteiger partial charge in [0, 0.05) is 9.65 Å². The summed E-state index contributed by atoms with van der Waals surface area (Å²) < 4.78 is 6.55. The second kappa shape index (κ2) is 4.13. The Labute approximate surface area is 96.1 Å². The van der Waals surface area contributed by atoms with E-state index in [1.54, 1.807) is 0 Å². The Kier molecular flexibility index (Phi) is 2.86. The molecule has 3 heteroatoms. The maximum atomic E-state index is 11.1. The monoisotopic (exact) mass is 300 g/mol. The number of ketones is 1. The number of rotatable bonds is 1. The van der Waals surface area contributed by atoms with E-state index in [9.17, 15) is 4.79 Å². The maximum absolute atomic E-state index is 11.1. The van der Waals surface area contributed by atoms with E-state index in [4.69, 9.17) is 4.74 Å². The maximum Gasteiger partial charge on any atom is 0.162 e. The number of ether oxygens (including phenoxy) is 1. The molecule has 1 aliphatic heterocycles. The van der Waals surface area contributed by atoms with Crippen LogP contribution in [0.25, 0.3) is 0 Å². The van der Waals surface area contributed by atoms with E-state index < -0.39 is 0 Å². The SMILES string of the molecule is O=C1C=COC(c2ccc(I)cc2)C1. The Bertz CT molecular complexity index is 367. The van der Waals surface area contributed by atoms with E-state index in [1.807, 2.05) is 24.3 Å². The molecule has 0 fully saturated rings. The molecule has 0 aromatic heterocycles. The molecule has 0 N–H and O–H groups in total. The second-order valence-electron chi connectivity index (χ2n) is 3.15. The minimum Gasteiger partial charge on any atom is -0.493 e. The van der Waals surface area contributed by atoms with Gasteiger partial charge in [0.05, 0.1) is 12.7 Å². The van der Waals surface area contributed by atoms with E-state index in [0.29, 0.717) is 6.42 Å². The number of hydrogen-bond donors (Lipinski definition) is 0. The van der Waals surface area contributed by atoms with Crippen LogP contribution in [0.3, 0.4) is 0 Å². The van der Waals surface area contributed by atoms with Crippen LogP contribution < -0.4 is 0 Å². The summed E-state index contributed by atoms with van der Waals surface area (Å²) >= 11 is 2.25. The molecule has 1 aromatic carbocycles. The molecule has 0 saturated heterocycles. The van der Waals surface area contributed by atoms with Gasteiger partial charge < -0.3 is 4.74 Å². The summed E-state index contributed by atoms with van der Waals surface area (Å²) in [6.07, 6.45) is 3.29. The average molecular weight is 300 g/mol. The van der Waals surface area contributed by atoms with Crippen LogP contribution in [0.2, 0.25) is 0 Å². The Morgan fingerprint density at radius 3 is 2.64 bits per heavy atom. The van der Waals surface area contributed by atoms with Crippen molar-refractivity contribution in [1.82, 2.24) is 0 Å². The van der Waals surface area contributed by atoms with Gasteiger partial charge in [-0.1, -0.05) is 12.1 Å².